The van der Waals surface area contributed by atoms with Crippen molar-refractivity contribution < 1.29 is 4.74 Å². The van der Waals surface area contributed by atoms with Gasteiger partial charge in [0.25, 0.3) is 0 Å². The van der Waals surface area contributed by atoms with Gasteiger partial charge >= 0.3 is 0 Å². The lowest BCUT2D eigenvalue weighted by molar-refractivity contribution is 0.192. The Hall–Kier alpha value is -0.560. The molecule has 2 aliphatic carbocycles. The van der Waals surface area contributed by atoms with Gasteiger partial charge in [-0.2, -0.15) is 0 Å². The van der Waals surface area contributed by atoms with Crippen molar-refractivity contribution in [2.24, 2.45) is 11.8 Å². The third-order valence-corrected chi connectivity index (χ3v) is 4.54. The highest BCUT2D eigenvalue weighted by Crippen LogP contribution is 2.25. The van der Waals surface area contributed by atoms with Crippen LogP contribution < -0.4 is 0 Å². The Morgan fingerprint density at radius 3 is 1.47 bits per heavy atom. The van der Waals surface area contributed by atoms with E-state index in [1.54, 1.807) is 0 Å². The minimum atomic E-state index is 0.783. The first-order chi connectivity index (χ1) is 9.45. The van der Waals surface area contributed by atoms with E-state index in [2.05, 4.69) is 24.3 Å². The second kappa shape index (κ2) is 9.36. The van der Waals surface area contributed by atoms with E-state index >= 15 is 0 Å². The summed E-state index contributed by atoms with van der Waals surface area (Å²) in [7, 11) is 0. The van der Waals surface area contributed by atoms with Crippen LogP contribution in [-0.2, 0) is 4.74 Å². The van der Waals surface area contributed by atoms with Crippen LogP contribution in [0.1, 0.15) is 64.2 Å². The molecule has 19 heavy (non-hydrogen) atoms. The van der Waals surface area contributed by atoms with Gasteiger partial charge in [-0.15, -0.1) is 0 Å². The van der Waals surface area contributed by atoms with Crippen LogP contribution in [0.15, 0.2) is 24.3 Å². The van der Waals surface area contributed by atoms with Crippen molar-refractivity contribution in [1.82, 2.24) is 0 Å². The Bertz CT molecular complexity index is 239. The summed E-state index contributed by atoms with van der Waals surface area (Å²) < 4.78 is 5.64. The van der Waals surface area contributed by atoms with Crippen LogP contribution in [0, 0.1) is 11.8 Å². The van der Waals surface area contributed by atoms with Crippen molar-refractivity contribution in [3.8, 4) is 0 Å². The van der Waals surface area contributed by atoms with Crippen LogP contribution in [0.4, 0.5) is 0 Å². The van der Waals surface area contributed by atoms with Gasteiger partial charge in [-0.25, -0.2) is 0 Å². The van der Waals surface area contributed by atoms with E-state index in [4.69, 9.17) is 4.74 Å². The number of rotatable bonds is 6. The van der Waals surface area contributed by atoms with Gasteiger partial charge in [0.1, 0.15) is 0 Å². The van der Waals surface area contributed by atoms with Crippen molar-refractivity contribution in [2.75, 3.05) is 13.2 Å². The molecule has 1 heteroatoms. The van der Waals surface area contributed by atoms with E-state index in [-0.39, 0.29) is 0 Å². The smallest absolute Gasteiger partial charge is 0.0651 e. The van der Waals surface area contributed by atoms with E-state index in [0.717, 1.165) is 25.0 Å². The fourth-order valence-corrected chi connectivity index (χ4v) is 3.35. The molecule has 108 valence electrons. The zero-order valence-corrected chi connectivity index (χ0v) is 12.4. The average Bonchev–Trinajstić information content (AvgIpc) is 2.48. The highest BCUT2D eigenvalue weighted by Gasteiger charge is 2.10. The molecule has 1 nitrogen and oxygen atoms in total. The second-order valence-corrected chi connectivity index (χ2v) is 6.19. The summed E-state index contributed by atoms with van der Waals surface area (Å²) in [5, 5.41) is 0. The van der Waals surface area contributed by atoms with Crippen molar-refractivity contribution >= 4 is 0 Å². The highest BCUT2D eigenvalue weighted by atomic mass is 16.5. The zero-order chi connectivity index (χ0) is 13.2. The first kappa shape index (κ1) is 14.8. The molecule has 0 amide bonds. The van der Waals surface area contributed by atoms with Gasteiger partial charge in [0.05, 0.1) is 13.2 Å². The molecule has 0 saturated heterocycles. The first-order valence-corrected chi connectivity index (χ1v) is 8.36. The predicted molar refractivity (Wildman–Crippen MR) is 82.2 cm³/mol. The van der Waals surface area contributed by atoms with Crippen LogP contribution in [0.5, 0.6) is 0 Å². The maximum atomic E-state index is 5.64. The molecule has 0 spiro atoms. The first-order valence-electron chi connectivity index (χ1n) is 8.36. The molecule has 0 N–H and O–H groups in total. The van der Waals surface area contributed by atoms with Crippen molar-refractivity contribution in [3.05, 3.63) is 24.3 Å². The van der Waals surface area contributed by atoms with Gasteiger partial charge in [-0.3, -0.25) is 0 Å². The maximum absolute atomic E-state index is 5.64. The third-order valence-electron chi connectivity index (χ3n) is 4.54. The molecule has 2 fully saturated rings. The SMILES string of the molecule is C(=C\C1CCCCC1)/COC/C=C/C1CCCCC1. The average molecular weight is 262 g/mol. The molecule has 0 aromatic heterocycles. The number of allylic oxidation sites excluding steroid dienone is 2. The lowest BCUT2D eigenvalue weighted by Crippen LogP contribution is -2.04. The Labute approximate surface area is 119 Å². The summed E-state index contributed by atoms with van der Waals surface area (Å²) in [5.74, 6) is 1.66. The Morgan fingerprint density at radius 2 is 1.05 bits per heavy atom. The van der Waals surface area contributed by atoms with Crippen LogP contribution >= 0.6 is 0 Å². The Morgan fingerprint density at radius 1 is 0.632 bits per heavy atom. The summed E-state index contributed by atoms with van der Waals surface area (Å²) in [6.07, 6.45) is 23.3. The van der Waals surface area contributed by atoms with Gasteiger partial charge < -0.3 is 4.74 Å². The highest BCUT2D eigenvalue weighted by molar-refractivity contribution is 4.92. The molecule has 0 radical (unpaired) electrons. The number of ether oxygens (including phenoxy) is 1. The van der Waals surface area contributed by atoms with E-state index in [0.29, 0.717) is 0 Å². The topological polar surface area (TPSA) is 9.23 Å². The molecule has 2 saturated carbocycles. The minimum absolute atomic E-state index is 0.783. The molecule has 0 atom stereocenters. The van der Waals surface area contributed by atoms with Gasteiger partial charge in [0.2, 0.25) is 0 Å². The molecular formula is C18H30O. The predicted octanol–water partition coefficient (Wildman–Crippen LogP) is 5.28. The number of hydrogen-bond donors (Lipinski definition) is 0. The van der Waals surface area contributed by atoms with E-state index in [1.165, 1.54) is 64.2 Å². The fourth-order valence-electron chi connectivity index (χ4n) is 3.35. The monoisotopic (exact) mass is 262 g/mol. The van der Waals surface area contributed by atoms with Gasteiger partial charge in [0.15, 0.2) is 0 Å². The maximum Gasteiger partial charge on any atom is 0.0651 e. The molecule has 0 aromatic rings. The lowest BCUT2D eigenvalue weighted by Gasteiger charge is -2.17. The summed E-state index contributed by atoms with van der Waals surface area (Å²) in [4.78, 5) is 0. The van der Waals surface area contributed by atoms with Crippen molar-refractivity contribution in [2.45, 2.75) is 64.2 Å². The summed E-state index contributed by atoms with van der Waals surface area (Å²) >= 11 is 0. The quantitative estimate of drug-likeness (QED) is 0.467. The molecule has 0 aromatic carbocycles. The number of hydrogen-bond acceptors (Lipinski definition) is 1. The lowest BCUT2D eigenvalue weighted by atomic mass is 9.89. The molecule has 2 rings (SSSR count). The Balaban J connectivity index is 1.49. The van der Waals surface area contributed by atoms with E-state index in [1.807, 2.05) is 0 Å². The fraction of sp³-hybridized carbons (Fsp3) is 0.778. The van der Waals surface area contributed by atoms with Gasteiger partial charge in [-0.1, -0.05) is 62.8 Å². The van der Waals surface area contributed by atoms with Crippen molar-refractivity contribution in [1.29, 1.82) is 0 Å². The molecule has 2 aliphatic rings. The van der Waals surface area contributed by atoms with Gasteiger partial charge in [0, 0.05) is 0 Å². The summed E-state index contributed by atoms with van der Waals surface area (Å²) in [5.41, 5.74) is 0. The summed E-state index contributed by atoms with van der Waals surface area (Å²) in [6, 6.07) is 0. The standard InChI is InChI=1S/C18H30O/c1-3-9-17(10-4-1)13-7-15-19-16-8-14-18-11-5-2-6-12-18/h7-8,13-14,17-18H,1-6,9-12,15-16H2/b13-7+,14-8+. The molecule has 0 bridgehead atoms. The Kier molecular flexibility index (Phi) is 7.31. The zero-order valence-electron chi connectivity index (χ0n) is 12.4. The molecular weight excluding hydrogens is 232 g/mol. The second-order valence-electron chi connectivity index (χ2n) is 6.19. The summed E-state index contributed by atoms with van der Waals surface area (Å²) in [6.45, 7) is 1.57. The normalized spacial score (nSPS) is 23.6. The molecule has 0 heterocycles. The van der Waals surface area contributed by atoms with Gasteiger partial charge in [-0.05, 0) is 37.5 Å². The van der Waals surface area contributed by atoms with Crippen molar-refractivity contribution in [3.63, 3.8) is 0 Å². The van der Waals surface area contributed by atoms with Crippen LogP contribution in [0.25, 0.3) is 0 Å². The molecule has 0 unspecified atom stereocenters. The van der Waals surface area contributed by atoms with Crippen LogP contribution in [0.2, 0.25) is 0 Å². The minimum Gasteiger partial charge on any atom is -0.373 e. The molecule has 0 aliphatic heterocycles. The largest absolute Gasteiger partial charge is 0.373 e. The van der Waals surface area contributed by atoms with E-state index < -0.39 is 0 Å². The third kappa shape index (κ3) is 6.42. The van der Waals surface area contributed by atoms with Crippen LogP contribution in [0.3, 0.4) is 0 Å². The van der Waals surface area contributed by atoms with E-state index in [9.17, 15) is 0 Å². The van der Waals surface area contributed by atoms with Crippen LogP contribution in [-0.4, -0.2) is 13.2 Å².